The second-order valence-electron chi connectivity index (χ2n) is 7.10. The first-order valence-corrected chi connectivity index (χ1v) is 10.5. The molecule has 166 valence electrons. The third kappa shape index (κ3) is 6.48. The number of nitrogens with one attached hydrogen (secondary N) is 1. The van der Waals surface area contributed by atoms with E-state index in [1.54, 1.807) is 13.4 Å². The van der Waals surface area contributed by atoms with E-state index in [2.05, 4.69) is 55.9 Å². The van der Waals surface area contributed by atoms with Gasteiger partial charge in [0.25, 0.3) is 0 Å². The van der Waals surface area contributed by atoms with Crippen LogP contribution in [0.1, 0.15) is 26.1 Å². The molecule has 0 unspecified atom stereocenters. The molecule has 9 heteroatoms. The van der Waals surface area contributed by atoms with Crippen molar-refractivity contribution in [2.75, 3.05) is 51.3 Å². The number of aliphatic imine (C=N–C) groups is 1. The summed E-state index contributed by atoms with van der Waals surface area (Å²) in [6.45, 7) is 10.6. The Morgan fingerprint density at radius 1 is 1.20 bits per heavy atom. The Bertz CT molecular complexity index is 787. The normalized spacial score (nSPS) is 14.4. The van der Waals surface area contributed by atoms with Gasteiger partial charge in [0.1, 0.15) is 17.9 Å². The van der Waals surface area contributed by atoms with Crippen LogP contribution in [0.5, 0.6) is 5.75 Å². The Morgan fingerprint density at radius 2 is 2.00 bits per heavy atom. The zero-order chi connectivity index (χ0) is 20.5. The molecule has 8 nitrogen and oxygen atoms in total. The zero-order valence-corrected chi connectivity index (χ0v) is 20.6. The van der Waals surface area contributed by atoms with E-state index in [1.807, 2.05) is 12.1 Å². The number of hydrogen-bond acceptors (Lipinski definition) is 5. The van der Waals surface area contributed by atoms with Crippen LogP contribution in [0.2, 0.25) is 0 Å². The molecule has 1 fully saturated rings. The van der Waals surface area contributed by atoms with Crippen molar-refractivity contribution < 1.29 is 4.74 Å². The Morgan fingerprint density at radius 3 is 2.70 bits per heavy atom. The van der Waals surface area contributed by atoms with Gasteiger partial charge in [0, 0.05) is 64.0 Å². The maximum absolute atomic E-state index is 5.36. The Balaban J connectivity index is 0.00000320. The monoisotopic (exact) mass is 527 g/mol. The second kappa shape index (κ2) is 12.6. The molecule has 0 atom stereocenters. The molecule has 1 aromatic carbocycles. The van der Waals surface area contributed by atoms with Crippen molar-refractivity contribution in [3.63, 3.8) is 0 Å². The van der Waals surface area contributed by atoms with Crippen LogP contribution in [-0.4, -0.2) is 72.0 Å². The van der Waals surface area contributed by atoms with Gasteiger partial charge in [0.2, 0.25) is 0 Å². The molecule has 0 bridgehead atoms. The highest BCUT2D eigenvalue weighted by molar-refractivity contribution is 14.0. The highest BCUT2D eigenvalue weighted by Crippen LogP contribution is 2.22. The molecule has 1 aliphatic heterocycles. The number of aromatic nitrogens is 3. The van der Waals surface area contributed by atoms with E-state index in [-0.39, 0.29) is 24.0 Å². The largest absolute Gasteiger partial charge is 0.497 e. The van der Waals surface area contributed by atoms with Gasteiger partial charge in [-0.1, -0.05) is 19.9 Å². The van der Waals surface area contributed by atoms with Gasteiger partial charge in [-0.2, -0.15) is 0 Å². The average molecular weight is 527 g/mol. The summed E-state index contributed by atoms with van der Waals surface area (Å²) in [5, 5.41) is 11.7. The van der Waals surface area contributed by atoms with Crippen LogP contribution in [0, 0.1) is 0 Å². The number of halogens is 1. The first-order valence-electron chi connectivity index (χ1n) is 10.5. The molecule has 0 amide bonds. The fourth-order valence-corrected chi connectivity index (χ4v) is 3.50. The highest BCUT2D eigenvalue weighted by atomic mass is 127. The van der Waals surface area contributed by atoms with Crippen molar-refractivity contribution in [1.29, 1.82) is 0 Å². The Labute approximate surface area is 196 Å². The molecule has 3 rings (SSSR count). The molecule has 1 aromatic heterocycles. The minimum absolute atomic E-state index is 0. The van der Waals surface area contributed by atoms with Crippen molar-refractivity contribution in [1.82, 2.24) is 25.0 Å². The number of aryl methyl sites for hydroxylation is 1. The third-order valence-corrected chi connectivity index (χ3v) is 5.13. The lowest BCUT2D eigenvalue weighted by molar-refractivity contribution is 0.370. The molecular formula is C21H34IN7O. The van der Waals surface area contributed by atoms with Crippen LogP contribution in [0.4, 0.5) is 5.69 Å². The number of hydrogen-bond donors (Lipinski definition) is 1. The Hall–Kier alpha value is -2.04. The quantitative estimate of drug-likeness (QED) is 0.324. The predicted octanol–water partition coefficient (Wildman–Crippen LogP) is 2.64. The number of guanidine groups is 1. The number of benzene rings is 1. The van der Waals surface area contributed by atoms with Crippen LogP contribution in [0.25, 0.3) is 0 Å². The van der Waals surface area contributed by atoms with Crippen molar-refractivity contribution in [2.45, 2.75) is 33.2 Å². The van der Waals surface area contributed by atoms with Gasteiger partial charge in [0.05, 0.1) is 7.11 Å². The summed E-state index contributed by atoms with van der Waals surface area (Å²) in [5.41, 5.74) is 1.21. The zero-order valence-electron chi connectivity index (χ0n) is 18.3. The number of piperazine rings is 1. The van der Waals surface area contributed by atoms with E-state index in [4.69, 9.17) is 9.73 Å². The molecule has 1 N–H and O–H groups in total. The van der Waals surface area contributed by atoms with E-state index < -0.39 is 0 Å². The molecule has 0 radical (unpaired) electrons. The maximum atomic E-state index is 5.36. The summed E-state index contributed by atoms with van der Waals surface area (Å²) in [5.74, 6) is 2.92. The summed E-state index contributed by atoms with van der Waals surface area (Å²) >= 11 is 0. The van der Waals surface area contributed by atoms with Crippen LogP contribution < -0.4 is 15.0 Å². The van der Waals surface area contributed by atoms with Gasteiger partial charge in [-0.25, -0.2) is 0 Å². The number of nitrogens with zero attached hydrogens (tertiary/aromatic N) is 6. The first-order chi connectivity index (χ1) is 14.2. The molecule has 1 saturated heterocycles. The summed E-state index contributed by atoms with van der Waals surface area (Å²) in [6, 6.07) is 8.28. The van der Waals surface area contributed by atoms with Crippen LogP contribution in [0.15, 0.2) is 35.6 Å². The summed E-state index contributed by atoms with van der Waals surface area (Å²) < 4.78 is 7.47. The van der Waals surface area contributed by atoms with Gasteiger partial charge in [-0.05, 0) is 18.6 Å². The summed E-state index contributed by atoms with van der Waals surface area (Å²) in [6.07, 6.45) is 3.74. The summed E-state index contributed by atoms with van der Waals surface area (Å²) in [7, 11) is 1.71. The number of ether oxygens (including phenoxy) is 1. The van der Waals surface area contributed by atoms with Crippen molar-refractivity contribution in [3.8, 4) is 5.75 Å². The fourth-order valence-electron chi connectivity index (χ4n) is 3.50. The van der Waals surface area contributed by atoms with Crippen molar-refractivity contribution in [2.24, 2.45) is 4.99 Å². The van der Waals surface area contributed by atoms with Crippen molar-refractivity contribution in [3.05, 3.63) is 36.4 Å². The fraction of sp³-hybridized carbons (Fsp3) is 0.571. The maximum Gasteiger partial charge on any atom is 0.194 e. The van der Waals surface area contributed by atoms with Crippen LogP contribution in [-0.2, 0) is 13.0 Å². The molecule has 0 saturated carbocycles. The first kappa shape index (κ1) is 24.2. The smallest absolute Gasteiger partial charge is 0.194 e. The number of methoxy groups -OCH3 is 1. The van der Waals surface area contributed by atoms with Crippen LogP contribution >= 0.6 is 24.0 Å². The highest BCUT2D eigenvalue weighted by Gasteiger charge is 2.20. The average Bonchev–Trinajstić information content (AvgIpc) is 3.24. The second-order valence-corrected chi connectivity index (χ2v) is 7.10. The van der Waals surface area contributed by atoms with E-state index in [9.17, 15) is 0 Å². The lowest BCUT2D eigenvalue weighted by Crippen LogP contribution is -2.53. The van der Waals surface area contributed by atoms with Gasteiger partial charge in [0.15, 0.2) is 5.96 Å². The van der Waals surface area contributed by atoms with Gasteiger partial charge >= 0.3 is 0 Å². The lowest BCUT2D eigenvalue weighted by Gasteiger charge is -2.38. The van der Waals surface area contributed by atoms with Gasteiger partial charge in [-0.3, -0.25) is 4.99 Å². The Kier molecular flexibility index (Phi) is 10.2. The molecule has 0 aliphatic carbocycles. The molecule has 0 spiro atoms. The lowest BCUT2D eigenvalue weighted by atomic mass is 10.2. The minimum atomic E-state index is 0. The van der Waals surface area contributed by atoms with E-state index in [1.165, 1.54) is 5.69 Å². The SMILES string of the molecule is CCCN=C(NCCn1cnnc1CC)N1CCN(c2cccc(OC)c2)CC1.I. The molecule has 2 heterocycles. The molecule has 1 aliphatic rings. The third-order valence-electron chi connectivity index (χ3n) is 5.13. The van der Waals surface area contributed by atoms with Gasteiger partial charge < -0.3 is 24.4 Å². The summed E-state index contributed by atoms with van der Waals surface area (Å²) in [4.78, 5) is 9.57. The molecular weight excluding hydrogens is 493 g/mol. The predicted molar refractivity (Wildman–Crippen MR) is 132 cm³/mol. The van der Waals surface area contributed by atoms with Crippen molar-refractivity contribution >= 4 is 35.6 Å². The standard InChI is InChI=1S/C21H33N7O.HI/c1-4-9-22-21(23-10-11-28-17-24-25-20(28)5-2)27-14-12-26(13-15-27)18-7-6-8-19(16-18)29-3;/h6-8,16-17H,4-5,9-15H2,1-3H3,(H,22,23);1H. The topological polar surface area (TPSA) is 70.8 Å². The van der Waals surface area contributed by atoms with Crippen LogP contribution in [0.3, 0.4) is 0 Å². The number of anilines is 1. The molecule has 30 heavy (non-hydrogen) atoms. The van der Waals surface area contributed by atoms with E-state index in [0.717, 1.165) is 76.2 Å². The minimum Gasteiger partial charge on any atom is -0.497 e. The van der Waals surface area contributed by atoms with E-state index >= 15 is 0 Å². The molecule has 2 aromatic rings. The number of rotatable bonds is 8. The van der Waals surface area contributed by atoms with Gasteiger partial charge in [-0.15, -0.1) is 34.2 Å². The van der Waals surface area contributed by atoms with E-state index in [0.29, 0.717) is 0 Å².